The number of carbonyl (C=O) groups excluding carboxylic acids is 1. The van der Waals surface area contributed by atoms with E-state index in [-0.39, 0.29) is 18.3 Å². The highest BCUT2D eigenvalue weighted by atomic mass is 16.6. The highest BCUT2D eigenvalue weighted by molar-refractivity contribution is 5.69. The largest absolute Gasteiger partial charge is 0.442 e. The maximum absolute atomic E-state index is 10.5. The molecular formula is C9H19NO3. The summed E-state index contributed by atoms with van der Waals surface area (Å²) < 4.78 is 10.1. The van der Waals surface area contributed by atoms with Crippen molar-refractivity contribution in [2.45, 2.75) is 39.9 Å². The van der Waals surface area contributed by atoms with Crippen LogP contribution in [0.15, 0.2) is 0 Å². The molecule has 1 atom stereocenters. The van der Waals surface area contributed by atoms with Crippen LogP contribution in [-0.4, -0.2) is 31.5 Å². The van der Waals surface area contributed by atoms with Gasteiger partial charge in [0, 0.05) is 0 Å². The normalized spacial score (nSPS) is 20.4. The lowest BCUT2D eigenvalue weighted by Crippen LogP contribution is -2.22. The van der Waals surface area contributed by atoms with Crippen LogP contribution in [0.3, 0.4) is 0 Å². The zero-order valence-electron chi connectivity index (χ0n) is 8.79. The Bertz CT molecular complexity index is 148. The molecule has 13 heavy (non-hydrogen) atoms. The van der Waals surface area contributed by atoms with Gasteiger partial charge in [0.25, 0.3) is 0 Å². The molecule has 1 amide bonds. The standard InChI is InChI=1S/C7H13NO3.C2H6/c1-5(2)10-4-6-3-8-7(9)11-6;1-2/h5-6H,3-4H2,1-2H3,(H,8,9);1-2H3. The van der Waals surface area contributed by atoms with Crippen molar-refractivity contribution in [2.24, 2.45) is 0 Å². The smallest absolute Gasteiger partial charge is 0.407 e. The van der Waals surface area contributed by atoms with Crippen molar-refractivity contribution in [3.05, 3.63) is 0 Å². The Morgan fingerprint density at radius 1 is 1.62 bits per heavy atom. The van der Waals surface area contributed by atoms with Gasteiger partial charge in [-0.1, -0.05) is 13.8 Å². The molecule has 0 aliphatic carbocycles. The van der Waals surface area contributed by atoms with Gasteiger partial charge in [0.15, 0.2) is 0 Å². The Morgan fingerprint density at radius 3 is 2.62 bits per heavy atom. The number of hydrogen-bond donors (Lipinski definition) is 1. The highest BCUT2D eigenvalue weighted by Crippen LogP contribution is 2.01. The average molecular weight is 189 g/mol. The maximum Gasteiger partial charge on any atom is 0.407 e. The summed E-state index contributed by atoms with van der Waals surface area (Å²) in [5.41, 5.74) is 0. The van der Waals surface area contributed by atoms with Gasteiger partial charge >= 0.3 is 6.09 Å². The van der Waals surface area contributed by atoms with Crippen molar-refractivity contribution < 1.29 is 14.3 Å². The fourth-order valence-corrected chi connectivity index (χ4v) is 0.825. The molecule has 0 bridgehead atoms. The Hall–Kier alpha value is -0.770. The van der Waals surface area contributed by atoms with Crippen molar-refractivity contribution in [3.8, 4) is 0 Å². The summed E-state index contributed by atoms with van der Waals surface area (Å²) in [5, 5.41) is 2.55. The molecule has 78 valence electrons. The van der Waals surface area contributed by atoms with E-state index in [2.05, 4.69) is 5.32 Å². The first-order valence-corrected chi connectivity index (χ1v) is 4.74. The van der Waals surface area contributed by atoms with Crippen LogP contribution in [0.5, 0.6) is 0 Å². The quantitative estimate of drug-likeness (QED) is 0.732. The second-order valence-corrected chi connectivity index (χ2v) is 2.79. The topological polar surface area (TPSA) is 47.6 Å². The molecule has 0 aromatic heterocycles. The minimum Gasteiger partial charge on any atom is -0.442 e. The Kier molecular flexibility index (Phi) is 6.32. The van der Waals surface area contributed by atoms with Gasteiger partial charge in [0.2, 0.25) is 0 Å². The Morgan fingerprint density at radius 2 is 2.23 bits per heavy atom. The lowest BCUT2D eigenvalue weighted by atomic mass is 10.4. The first-order valence-electron chi connectivity index (χ1n) is 4.74. The third kappa shape index (κ3) is 5.47. The molecule has 1 heterocycles. The van der Waals surface area contributed by atoms with Gasteiger partial charge in [-0.15, -0.1) is 0 Å². The van der Waals surface area contributed by atoms with Crippen LogP contribution in [0.2, 0.25) is 0 Å². The number of alkyl carbamates (subject to hydrolysis) is 1. The van der Waals surface area contributed by atoms with Gasteiger partial charge < -0.3 is 14.8 Å². The van der Waals surface area contributed by atoms with Crippen molar-refractivity contribution in [1.82, 2.24) is 5.32 Å². The first-order chi connectivity index (χ1) is 6.18. The van der Waals surface area contributed by atoms with Crippen LogP contribution in [-0.2, 0) is 9.47 Å². The van der Waals surface area contributed by atoms with Gasteiger partial charge in [-0.3, -0.25) is 0 Å². The summed E-state index contributed by atoms with van der Waals surface area (Å²) >= 11 is 0. The van der Waals surface area contributed by atoms with E-state index in [0.717, 1.165) is 0 Å². The number of hydrogen-bond acceptors (Lipinski definition) is 3. The van der Waals surface area contributed by atoms with E-state index < -0.39 is 0 Å². The summed E-state index contributed by atoms with van der Waals surface area (Å²) in [6, 6.07) is 0. The third-order valence-corrected chi connectivity index (χ3v) is 1.36. The molecule has 0 aromatic carbocycles. The Labute approximate surface area is 79.6 Å². The highest BCUT2D eigenvalue weighted by Gasteiger charge is 2.22. The molecule has 1 unspecified atom stereocenters. The second kappa shape index (κ2) is 6.71. The molecule has 1 N–H and O–H groups in total. The van der Waals surface area contributed by atoms with E-state index in [1.54, 1.807) is 0 Å². The SMILES string of the molecule is CC.CC(C)OCC1CNC(=O)O1. The van der Waals surface area contributed by atoms with Gasteiger partial charge in [0.05, 0.1) is 19.3 Å². The lowest BCUT2D eigenvalue weighted by Gasteiger charge is -2.10. The van der Waals surface area contributed by atoms with Crippen molar-refractivity contribution in [1.29, 1.82) is 0 Å². The lowest BCUT2D eigenvalue weighted by molar-refractivity contribution is 0.0153. The molecule has 1 rings (SSSR count). The molecule has 1 fully saturated rings. The molecule has 0 spiro atoms. The van der Waals surface area contributed by atoms with Crippen molar-refractivity contribution in [3.63, 3.8) is 0 Å². The van der Waals surface area contributed by atoms with Gasteiger partial charge in [0.1, 0.15) is 6.10 Å². The number of rotatable bonds is 3. The van der Waals surface area contributed by atoms with Gasteiger partial charge in [-0.05, 0) is 13.8 Å². The number of nitrogens with one attached hydrogen (secondary N) is 1. The molecule has 1 aliphatic rings. The van der Waals surface area contributed by atoms with Crippen LogP contribution in [0.1, 0.15) is 27.7 Å². The summed E-state index contributed by atoms with van der Waals surface area (Å²) in [6.45, 7) is 8.94. The molecule has 0 radical (unpaired) electrons. The molecule has 0 saturated carbocycles. The van der Waals surface area contributed by atoms with E-state index in [1.807, 2.05) is 27.7 Å². The fourth-order valence-electron chi connectivity index (χ4n) is 0.825. The minimum absolute atomic E-state index is 0.107. The number of cyclic esters (lactones) is 1. The van der Waals surface area contributed by atoms with Crippen LogP contribution in [0.25, 0.3) is 0 Å². The number of amides is 1. The summed E-state index contributed by atoms with van der Waals surface area (Å²) in [4.78, 5) is 10.5. The van der Waals surface area contributed by atoms with Crippen molar-refractivity contribution >= 4 is 6.09 Å². The summed E-state index contributed by atoms with van der Waals surface area (Å²) in [6.07, 6.45) is -0.262. The molecule has 1 saturated heterocycles. The molecule has 0 aromatic rings. The van der Waals surface area contributed by atoms with Crippen molar-refractivity contribution in [2.75, 3.05) is 13.2 Å². The van der Waals surface area contributed by atoms with Gasteiger partial charge in [-0.25, -0.2) is 4.79 Å². The maximum atomic E-state index is 10.5. The van der Waals surface area contributed by atoms with Crippen LogP contribution < -0.4 is 5.32 Å². The minimum atomic E-state index is -0.345. The summed E-state index contributed by atoms with van der Waals surface area (Å²) in [5.74, 6) is 0. The van der Waals surface area contributed by atoms with Crippen LogP contribution in [0.4, 0.5) is 4.79 Å². The fraction of sp³-hybridized carbons (Fsp3) is 0.889. The number of carbonyl (C=O) groups is 1. The Balaban J connectivity index is 0.000000671. The molecule has 4 nitrogen and oxygen atoms in total. The van der Waals surface area contributed by atoms with E-state index in [4.69, 9.17) is 9.47 Å². The molecule has 4 heteroatoms. The van der Waals surface area contributed by atoms with E-state index in [0.29, 0.717) is 13.2 Å². The third-order valence-electron chi connectivity index (χ3n) is 1.36. The van der Waals surface area contributed by atoms with Gasteiger partial charge in [-0.2, -0.15) is 0 Å². The monoisotopic (exact) mass is 189 g/mol. The predicted molar refractivity (Wildman–Crippen MR) is 50.7 cm³/mol. The van der Waals surface area contributed by atoms with Crippen LogP contribution in [0, 0.1) is 0 Å². The first kappa shape index (κ1) is 12.2. The van der Waals surface area contributed by atoms with E-state index in [9.17, 15) is 4.79 Å². The average Bonchev–Trinajstić information content (AvgIpc) is 2.52. The molecule has 1 aliphatic heterocycles. The predicted octanol–water partition coefficient (Wildman–Crippen LogP) is 1.55. The van der Waals surface area contributed by atoms with E-state index >= 15 is 0 Å². The number of ether oxygens (including phenoxy) is 2. The van der Waals surface area contributed by atoms with Crippen LogP contribution >= 0.6 is 0 Å². The zero-order chi connectivity index (χ0) is 10.3. The molecular weight excluding hydrogens is 170 g/mol. The second-order valence-electron chi connectivity index (χ2n) is 2.79. The zero-order valence-corrected chi connectivity index (χ0v) is 8.79. The van der Waals surface area contributed by atoms with E-state index in [1.165, 1.54) is 0 Å². The summed E-state index contributed by atoms with van der Waals surface area (Å²) in [7, 11) is 0.